The Hall–Kier alpha value is -6.94. The molecule has 1 atom stereocenters. The molecule has 1 unspecified atom stereocenters. The Morgan fingerprint density at radius 3 is 2.36 bits per heavy atom. The van der Waals surface area contributed by atoms with Crippen molar-refractivity contribution < 1.29 is 28.7 Å². The highest BCUT2D eigenvalue weighted by Gasteiger charge is 2.41. The van der Waals surface area contributed by atoms with Gasteiger partial charge in [-0.2, -0.15) is 15.5 Å². The number of anilines is 3. The highest BCUT2D eigenvalue weighted by Crippen LogP contribution is 2.38. The summed E-state index contributed by atoms with van der Waals surface area (Å²) in [4.78, 5) is 66.1. The van der Waals surface area contributed by atoms with Crippen molar-refractivity contribution in [3.8, 4) is 28.6 Å². The first-order chi connectivity index (χ1) is 33.2. The van der Waals surface area contributed by atoms with Gasteiger partial charge in [0.05, 0.1) is 53.1 Å². The number of hydrogen-bond donors (Lipinski definition) is 4. The van der Waals surface area contributed by atoms with E-state index >= 15 is 4.39 Å². The fraction of sp³-hybridized carbons (Fsp3) is 0.500. The van der Waals surface area contributed by atoms with Crippen LogP contribution in [0.3, 0.4) is 0 Å². The number of fused-ring (bicyclic) bond motifs is 1. The van der Waals surface area contributed by atoms with Crippen LogP contribution in [-0.4, -0.2) is 120 Å². The molecule has 1 aromatic carbocycles. The zero-order chi connectivity index (χ0) is 48.5. The first-order valence-electron chi connectivity index (χ1n) is 24.2. The number of nitrogens with one attached hydrogen (secondary N) is 3. The quantitative estimate of drug-likeness (QED) is 0.114. The predicted molar refractivity (Wildman–Crippen MR) is 256 cm³/mol. The van der Waals surface area contributed by atoms with Crippen molar-refractivity contribution in [2.45, 2.75) is 109 Å². The molecule has 69 heavy (non-hydrogen) atoms. The number of likely N-dealkylation sites (tertiary alicyclic amines) is 1. The van der Waals surface area contributed by atoms with E-state index in [2.05, 4.69) is 44.0 Å². The van der Waals surface area contributed by atoms with E-state index in [-0.39, 0.29) is 47.9 Å². The molecule has 4 aromatic heterocycles. The van der Waals surface area contributed by atoms with Gasteiger partial charge in [0.15, 0.2) is 0 Å². The Balaban J connectivity index is 0.777. The molecule has 9 rings (SSSR count). The molecule has 19 heteroatoms. The number of pyridine rings is 1. The highest BCUT2D eigenvalue weighted by molar-refractivity contribution is 6.01. The Morgan fingerprint density at radius 2 is 1.70 bits per heavy atom. The Labute approximate surface area is 400 Å². The van der Waals surface area contributed by atoms with Gasteiger partial charge >= 0.3 is 0 Å². The molecule has 0 radical (unpaired) electrons. The molecule has 4 fully saturated rings. The lowest BCUT2D eigenvalue weighted by Crippen LogP contribution is -2.50. The van der Waals surface area contributed by atoms with Gasteiger partial charge in [-0.3, -0.25) is 29.2 Å². The van der Waals surface area contributed by atoms with E-state index in [0.29, 0.717) is 85.8 Å². The number of halogens is 1. The maximum Gasteiger partial charge on any atom is 0.249 e. The van der Waals surface area contributed by atoms with Crippen molar-refractivity contribution in [2.24, 2.45) is 11.3 Å². The number of carbonyl (C=O) groups is 4. The topological polar surface area (TPSA) is 219 Å². The number of nitrogens with zero attached hydrogens (tertiary/aromatic N) is 10. The fourth-order valence-electron chi connectivity index (χ4n) is 10.3. The van der Waals surface area contributed by atoms with E-state index in [1.165, 1.54) is 12.3 Å². The smallest absolute Gasteiger partial charge is 0.249 e. The summed E-state index contributed by atoms with van der Waals surface area (Å²) in [5, 5.41) is 39.1. The minimum atomic E-state index is -1.19. The molecular formula is C50H60FN13O5. The van der Waals surface area contributed by atoms with Gasteiger partial charge in [0, 0.05) is 87.5 Å². The minimum absolute atomic E-state index is 0.00891. The summed E-state index contributed by atoms with van der Waals surface area (Å²) in [7, 11) is 0. The van der Waals surface area contributed by atoms with Crippen LogP contribution in [0.25, 0.3) is 28.0 Å². The van der Waals surface area contributed by atoms with Crippen molar-refractivity contribution in [1.82, 2.24) is 44.9 Å². The lowest BCUT2D eigenvalue weighted by atomic mass is 9.75. The third kappa shape index (κ3) is 10.1. The third-order valence-electron chi connectivity index (χ3n) is 14.6. The van der Waals surface area contributed by atoms with Crippen LogP contribution in [0.2, 0.25) is 0 Å². The number of imide groups is 1. The summed E-state index contributed by atoms with van der Waals surface area (Å²) in [5.41, 5.74) is 3.00. The van der Waals surface area contributed by atoms with Gasteiger partial charge in [-0.15, -0.1) is 0 Å². The van der Waals surface area contributed by atoms with Crippen molar-refractivity contribution >= 4 is 46.3 Å². The van der Waals surface area contributed by atoms with Crippen molar-refractivity contribution in [3.63, 3.8) is 0 Å². The monoisotopic (exact) mass is 941 g/mol. The largest absolute Gasteiger partial charge is 0.389 e. The standard InChI is InChI=1S/C50H60FN13O5/c1-4-49(48(68)56-32(2)3)13-19-61(20-14-49)42-9-5-34(26-53-42)45-46-35(25-52)27-55-64(46)31-40(58-45)36-28-54-63(30-36)29-33-11-17-62(18-12-33)44(66)24-50(69)15-21-60(22-16-50)41-8-6-37(23-38(41)51)57-39-7-10-43(65)59-47(39)67/h5-6,8-9,23,26-28,30-33,39,57,69H,4,7,10-22,24,29H2,1-3H3,(H,56,68)(H,59,65,67). The molecule has 362 valence electrons. The van der Waals surface area contributed by atoms with Gasteiger partial charge < -0.3 is 30.4 Å². The molecule has 18 nitrogen and oxygen atoms in total. The predicted octanol–water partition coefficient (Wildman–Crippen LogP) is 5.06. The first-order valence-corrected chi connectivity index (χ1v) is 24.2. The normalized spacial score (nSPS) is 19.7. The second-order valence-corrected chi connectivity index (χ2v) is 19.6. The third-order valence-corrected chi connectivity index (χ3v) is 14.6. The summed E-state index contributed by atoms with van der Waals surface area (Å²) in [5.74, 6) is -0.0590. The maximum atomic E-state index is 15.3. The first kappa shape index (κ1) is 47.1. The zero-order valence-corrected chi connectivity index (χ0v) is 39.5. The number of aliphatic hydroxyl groups is 1. The van der Waals surface area contributed by atoms with Crippen LogP contribution < -0.4 is 25.8 Å². The highest BCUT2D eigenvalue weighted by atomic mass is 19.1. The van der Waals surface area contributed by atoms with Gasteiger partial charge in [0.25, 0.3) is 0 Å². The summed E-state index contributed by atoms with van der Waals surface area (Å²) in [6, 6.07) is 10.4. The number of aromatic nitrogens is 6. The molecule has 0 saturated carbocycles. The number of amides is 4. The van der Waals surface area contributed by atoms with Gasteiger partial charge in [0.2, 0.25) is 23.6 Å². The van der Waals surface area contributed by atoms with E-state index in [1.54, 1.807) is 35.2 Å². The molecular weight excluding hydrogens is 882 g/mol. The lowest BCUT2D eigenvalue weighted by Gasteiger charge is -2.41. The van der Waals surface area contributed by atoms with Crippen LogP contribution >= 0.6 is 0 Å². The summed E-state index contributed by atoms with van der Waals surface area (Å²) in [6.07, 6.45) is 13.9. The Morgan fingerprint density at radius 1 is 0.942 bits per heavy atom. The molecule has 4 N–H and O–H groups in total. The molecule has 4 amide bonds. The van der Waals surface area contributed by atoms with Crippen molar-refractivity contribution in [3.05, 3.63) is 72.7 Å². The number of benzene rings is 1. The average Bonchev–Trinajstić information content (AvgIpc) is 4.00. The lowest BCUT2D eigenvalue weighted by molar-refractivity contribution is -0.139. The maximum absolute atomic E-state index is 15.3. The second kappa shape index (κ2) is 19.6. The minimum Gasteiger partial charge on any atom is -0.389 e. The molecule has 4 aliphatic rings. The van der Waals surface area contributed by atoms with E-state index in [1.807, 2.05) is 46.7 Å². The second-order valence-electron chi connectivity index (χ2n) is 19.6. The van der Waals surface area contributed by atoms with Gasteiger partial charge in [0.1, 0.15) is 34.8 Å². The SMILES string of the molecule is CCC1(C(=O)NC(C)C)CCN(c2ccc(-c3nc(-c4cnn(CC5CCN(C(=O)CC6(O)CCN(c7ccc(NC8CCC(=O)NC8=O)cc7F)CC6)CC5)c4)cn4ncc(C#N)c34)cn2)CC1. The van der Waals surface area contributed by atoms with E-state index in [0.717, 1.165) is 62.1 Å². The molecule has 0 spiro atoms. The fourth-order valence-corrected chi connectivity index (χ4v) is 10.3. The van der Waals surface area contributed by atoms with Gasteiger partial charge in [-0.05, 0) is 101 Å². The number of nitriles is 1. The van der Waals surface area contributed by atoms with Crippen LogP contribution in [0.1, 0.15) is 90.5 Å². The van der Waals surface area contributed by atoms with Crippen LogP contribution in [0.5, 0.6) is 0 Å². The van der Waals surface area contributed by atoms with Gasteiger partial charge in [-0.1, -0.05) is 6.92 Å². The molecule has 0 bridgehead atoms. The zero-order valence-electron chi connectivity index (χ0n) is 39.5. The van der Waals surface area contributed by atoms with Crippen LogP contribution in [0, 0.1) is 28.5 Å². The van der Waals surface area contributed by atoms with E-state index in [4.69, 9.17) is 9.97 Å². The Kier molecular flexibility index (Phi) is 13.4. The molecule has 0 aliphatic carbocycles. The number of carbonyl (C=O) groups excluding carboxylic acids is 4. The van der Waals surface area contributed by atoms with E-state index in [9.17, 15) is 29.5 Å². The number of hydrogen-bond acceptors (Lipinski definition) is 13. The van der Waals surface area contributed by atoms with Crippen molar-refractivity contribution in [1.29, 1.82) is 5.26 Å². The summed E-state index contributed by atoms with van der Waals surface area (Å²) in [6.45, 7) is 10.1. The molecule has 8 heterocycles. The average molecular weight is 942 g/mol. The van der Waals surface area contributed by atoms with Crippen LogP contribution in [-0.2, 0) is 25.7 Å². The number of piperidine rings is 4. The van der Waals surface area contributed by atoms with Gasteiger partial charge in [-0.25, -0.2) is 18.9 Å². The molecule has 5 aromatic rings. The van der Waals surface area contributed by atoms with Crippen LogP contribution in [0.4, 0.5) is 21.6 Å². The Bertz CT molecular complexity index is 2760. The molecule has 4 saturated heterocycles. The summed E-state index contributed by atoms with van der Waals surface area (Å²) < 4.78 is 18.9. The summed E-state index contributed by atoms with van der Waals surface area (Å²) >= 11 is 0. The van der Waals surface area contributed by atoms with Crippen LogP contribution in [0.15, 0.2) is 61.3 Å². The van der Waals surface area contributed by atoms with Crippen molar-refractivity contribution in [2.75, 3.05) is 54.4 Å². The number of rotatable bonds is 13. The molecule has 4 aliphatic heterocycles. The van der Waals surface area contributed by atoms with E-state index < -0.39 is 23.4 Å².